The molecule has 1 aromatic carbocycles. The molecule has 0 amide bonds. The highest BCUT2D eigenvalue weighted by molar-refractivity contribution is 6.38. The number of hydrogen-bond donors (Lipinski definition) is 1. The molecule has 0 aromatic heterocycles. The monoisotopic (exact) mass is 401 g/mol. The van der Waals surface area contributed by atoms with Gasteiger partial charge in [0.1, 0.15) is 5.57 Å². The number of ketones is 1. The van der Waals surface area contributed by atoms with Crippen LogP contribution in [0.25, 0.3) is 0 Å². The van der Waals surface area contributed by atoms with Crippen molar-refractivity contribution < 1.29 is 23.9 Å². The molecule has 0 fully saturated rings. The molecule has 0 heterocycles. The van der Waals surface area contributed by atoms with Crippen LogP contribution in [0.2, 0.25) is 10.0 Å². The lowest BCUT2D eigenvalue weighted by molar-refractivity contribution is -0.140. The number of benzene rings is 1. The number of carbonyl (C=O) groups excluding carboxylic acids is 3. The van der Waals surface area contributed by atoms with E-state index in [1.807, 2.05) is 13.8 Å². The molecule has 1 N–H and O–H groups in total. The highest BCUT2D eigenvalue weighted by Crippen LogP contribution is 2.31. The average Bonchev–Trinajstić information content (AvgIpc) is 2.60. The normalized spacial score (nSPS) is 11.0. The van der Waals surface area contributed by atoms with Crippen molar-refractivity contribution in [3.63, 3.8) is 0 Å². The standard InChI is InChI=1S/C18H21Cl2NO5/c1-4-6-25-17(23)13-8-12(19)9-15(16(13)20)21-10-14(11(3)22)18(24)26-7-5-2/h8-10,21H,4-7H2,1-3H3. The summed E-state index contributed by atoms with van der Waals surface area (Å²) in [6.45, 7) is 5.41. The van der Waals surface area contributed by atoms with Crippen LogP contribution in [0.3, 0.4) is 0 Å². The fraction of sp³-hybridized carbons (Fsp3) is 0.389. The highest BCUT2D eigenvalue weighted by Gasteiger charge is 2.19. The van der Waals surface area contributed by atoms with E-state index in [1.165, 1.54) is 25.3 Å². The first-order valence-electron chi connectivity index (χ1n) is 8.12. The fourth-order valence-electron chi connectivity index (χ4n) is 1.84. The van der Waals surface area contributed by atoms with Crippen molar-refractivity contribution in [3.8, 4) is 0 Å². The van der Waals surface area contributed by atoms with Crippen molar-refractivity contribution in [2.75, 3.05) is 18.5 Å². The van der Waals surface area contributed by atoms with Crippen LogP contribution in [0.15, 0.2) is 23.9 Å². The number of halogens is 2. The molecule has 0 radical (unpaired) electrons. The van der Waals surface area contributed by atoms with Gasteiger partial charge in [-0.15, -0.1) is 0 Å². The van der Waals surface area contributed by atoms with E-state index in [-0.39, 0.29) is 40.1 Å². The third-order valence-corrected chi connectivity index (χ3v) is 3.73. The first kappa shape index (κ1) is 22.0. The van der Waals surface area contributed by atoms with Crippen LogP contribution in [-0.4, -0.2) is 30.9 Å². The highest BCUT2D eigenvalue weighted by atomic mass is 35.5. The predicted molar refractivity (Wildman–Crippen MR) is 101 cm³/mol. The summed E-state index contributed by atoms with van der Waals surface area (Å²) in [6.07, 6.45) is 2.48. The summed E-state index contributed by atoms with van der Waals surface area (Å²) in [5.74, 6) is -1.83. The maximum Gasteiger partial charge on any atom is 0.343 e. The first-order valence-corrected chi connectivity index (χ1v) is 8.88. The largest absolute Gasteiger partial charge is 0.462 e. The number of anilines is 1. The average molecular weight is 402 g/mol. The summed E-state index contributed by atoms with van der Waals surface area (Å²) in [5, 5.41) is 3.04. The number of Topliss-reactive ketones (excluding diaryl/α,β-unsaturated/α-hetero) is 1. The van der Waals surface area contributed by atoms with Gasteiger partial charge < -0.3 is 14.8 Å². The Morgan fingerprint density at radius 3 is 2.27 bits per heavy atom. The lowest BCUT2D eigenvalue weighted by atomic mass is 10.2. The second-order valence-electron chi connectivity index (χ2n) is 5.35. The number of rotatable bonds is 9. The molecular formula is C18H21Cl2NO5. The minimum absolute atomic E-state index is 0.0663. The third-order valence-electron chi connectivity index (χ3n) is 3.10. The Bertz CT molecular complexity index is 716. The molecule has 1 rings (SSSR count). The van der Waals surface area contributed by atoms with Crippen molar-refractivity contribution in [1.82, 2.24) is 0 Å². The van der Waals surface area contributed by atoms with Crippen LogP contribution in [0.4, 0.5) is 5.69 Å². The number of hydrogen-bond acceptors (Lipinski definition) is 6. The number of esters is 2. The molecule has 1 aromatic rings. The Morgan fingerprint density at radius 1 is 1.08 bits per heavy atom. The molecule has 0 aliphatic heterocycles. The molecule has 8 heteroatoms. The zero-order valence-corrected chi connectivity index (χ0v) is 16.4. The Morgan fingerprint density at radius 2 is 1.69 bits per heavy atom. The molecule has 0 bridgehead atoms. The third kappa shape index (κ3) is 6.35. The summed E-state index contributed by atoms with van der Waals surface area (Å²) in [7, 11) is 0. The summed E-state index contributed by atoms with van der Waals surface area (Å²) in [4.78, 5) is 35.7. The van der Waals surface area contributed by atoms with Crippen LogP contribution in [0, 0.1) is 0 Å². The molecule has 0 aliphatic rings. The molecular weight excluding hydrogens is 381 g/mol. The van der Waals surface area contributed by atoms with Crippen molar-refractivity contribution in [1.29, 1.82) is 0 Å². The van der Waals surface area contributed by atoms with Gasteiger partial charge in [0.15, 0.2) is 5.78 Å². The van der Waals surface area contributed by atoms with Crippen LogP contribution in [0.1, 0.15) is 44.0 Å². The quantitative estimate of drug-likeness (QED) is 0.285. The molecule has 6 nitrogen and oxygen atoms in total. The summed E-state index contributed by atoms with van der Waals surface area (Å²) >= 11 is 12.3. The minimum Gasteiger partial charge on any atom is -0.462 e. The van der Waals surface area contributed by atoms with E-state index < -0.39 is 17.7 Å². The van der Waals surface area contributed by atoms with Gasteiger partial charge in [-0.1, -0.05) is 37.0 Å². The molecule has 0 saturated carbocycles. The second kappa shape index (κ2) is 10.8. The van der Waals surface area contributed by atoms with E-state index >= 15 is 0 Å². The maximum atomic E-state index is 12.1. The van der Waals surface area contributed by atoms with Gasteiger partial charge in [0.05, 0.1) is 29.5 Å². The molecule has 0 atom stereocenters. The second-order valence-corrected chi connectivity index (χ2v) is 6.16. The van der Waals surface area contributed by atoms with Gasteiger partial charge in [0.25, 0.3) is 0 Å². The predicted octanol–water partition coefficient (Wildman–Crippen LogP) is 4.40. The fourth-order valence-corrected chi connectivity index (χ4v) is 2.30. The van der Waals surface area contributed by atoms with Gasteiger partial charge in [-0.25, -0.2) is 9.59 Å². The van der Waals surface area contributed by atoms with Crippen molar-refractivity contribution in [2.45, 2.75) is 33.6 Å². The Balaban J connectivity index is 3.11. The van der Waals surface area contributed by atoms with E-state index in [0.29, 0.717) is 12.8 Å². The first-order chi connectivity index (χ1) is 12.3. The van der Waals surface area contributed by atoms with Crippen molar-refractivity contribution in [2.24, 2.45) is 0 Å². The minimum atomic E-state index is -0.743. The van der Waals surface area contributed by atoms with Gasteiger partial charge in [-0.2, -0.15) is 0 Å². The zero-order chi connectivity index (χ0) is 19.7. The van der Waals surface area contributed by atoms with Crippen molar-refractivity contribution >= 4 is 46.6 Å². The van der Waals surface area contributed by atoms with E-state index in [1.54, 1.807) is 0 Å². The van der Waals surface area contributed by atoms with Gasteiger partial charge >= 0.3 is 11.9 Å². The topological polar surface area (TPSA) is 81.7 Å². The van der Waals surface area contributed by atoms with E-state index in [4.69, 9.17) is 32.7 Å². The number of nitrogens with one attached hydrogen (secondary N) is 1. The van der Waals surface area contributed by atoms with Gasteiger partial charge in [-0.3, -0.25) is 4.79 Å². The zero-order valence-electron chi connectivity index (χ0n) is 14.9. The van der Waals surface area contributed by atoms with Crippen LogP contribution in [0.5, 0.6) is 0 Å². The number of carbonyl (C=O) groups is 3. The lowest BCUT2D eigenvalue weighted by Crippen LogP contribution is -2.16. The van der Waals surface area contributed by atoms with Gasteiger partial charge in [-0.05, 0) is 31.9 Å². The lowest BCUT2D eigenvalue weighted by Gasteiger charge is -2.11. The summed E-state index contributed by atoms with van der Waals surface area (Å²) in [5.41, 5.74) is 0.163. The van der Waals surface area contributed by atoms with Crippen LogP contribution in [-0.2, 0) is 19.1 Å². The van der Waals surface area contributed by atoms with E-state index in [2.05, 4.69) is 5.32 Å². The molecule has 0 unspecified atom stereocenters. The van der Waals surface area contributed by atoms with Gasteiger partial charge in [0.2, 0.25) is 0 Å². The smallest absolute Gasteiger partial charge is 0.343 e. The summed E-state index contributed by atoms with van der Waals surface area (Å²) < 4.78 is 10.0. The van der Waals surface area contributed by atoms with Crippen LogP contribution >= 0.6 is 23.2 Å². The molecule has 26 heavy (non-hydrogen) atoms. The maximum absolute atomic E-state index is 12.1. The molecule has 142 valence electrons. The molecule has 0 aliphatic carbocycles. The van der Waals surface area contributed by atoms with Gasteiger partial charge in [0, 0.05) is 11.2 Å². The molecule has 0 saturated heterocycles. The van der Waals surface area contributed by atoms with E-state index in [9.17, 15) is 14.4 Å². The Hall–Kier alpha value is -2.05. The Kier molecular flexibility index (Phi) is 9.16. The number of ether oxygens (including phenoxy) is 2. The van der Waals surface area contributed by atoms with E-state index in [0.717, 1.165) is 0 Å². The summed E-state index contributed by atoms with van der Waals surface area (Å²) in [6, 6.07) is 2.85. The molecule has 0 spiro atoms. The Labute approximate surface area is 162 Å². The SMILES string of the molecule is CCCOC(=O)C(=CNc1cc(Cl)cc(C(=O)OCCC)c1Cl)C(C)=O. The van der Waals surface area contributed by atoms with Crippen LogP contribution < -0.4 is 5.32 Å². The van der Waals surface area contributed by atoms with Crippen molar-refractivity contribution in [3.05, 3.63) is 39.5 Å².